The van der Waals surface area contributed by atoms with Crippen molar-refractivity contribution >= 4 is 34.8 Å². The highest BCUT2D eigenvalue weighted by Gasteiger charge is 2.32. The molecule has 0 saturated carbocycles. The maximum absolute atomic E-state index is 9.91. The van der Waals surface area contributed by atoms with Crippen LogP contribution in [0.1, 0.15) is 53.9 Å². The molecule has 0 spiro atoms. The molecular formula is C12H23Cl3O. The smallest absolute Gasteiger partial charge is 0.0573 e. The zero-order valence-corrected chi connectivity index (χ0v) is 13.0. The Hall–Kier alpha value is 0.830. The van der Waals surface area contributed by atoms with Crippen LogP contribution in [0.15, 0.2) is 0 Å². The Morgan fingerprint density at radius 1 is 0.875 bits per heavy atom. The molecule has 0 aromatic heterocycles. The third-order valence-electron chi connectivity index (χ3n) is 2.17. The van der Waals surface area contributed by atoms with Gasteiger partial charge in [0.1, 0.15) is 0 Å². The standard InChI is InChI=1S/C12H23Cl3O/c1-10(2,13)6-9(16)7-12(5,15)8-11(3,4)14/h9,16H,6-8H2,1-5H3. The number of rotatable bonds is 6. The summed E-state index contributed by atoms with van der Waals surface area (Å²) in [4.78, 5) is -1.25. The van der Waals surface area contributed by atoms with Crippen LogP contribution < -0.4 is 0 Å². The normalized spacial score (nSPS) is 19.3. The molecule has 0 radical (unpaired) electrons. The summed E-state index contributed by atoms with van der Waals surface area (Å²) in [6.45, 7) is 9.52. The number of hydrogen-bond donors (Lipinski definition) is 1. The highest BCUT2D eigenvalue weighted by molar-refractivity contribution is 6.26. The summed E-state index contributed by atoms with van der Waals surface area (Å²) in [5.41, 5.74) is 0. The van der Waals surface area contributed by atoms with Crippen molar-refractivity contribution in [3.05, 3.63) is 0 Å². The van der Waals surface area contributed by atoms with Crippen molar-refractivity contribution in [2.45, 2.75) is 74.6 Å². The Morgan fingerprint density at radius 3 is 1.62 bits per heavy atom. The third-order valence-corrected chi connectivity index (χ3v) is 2.75. The van der Waals surface area contributed by atoms with Crippen LogP contribution >= 0.6 is 34.8 Å². The molecule has 4 heteroatoms. The van der Waals surface area contributed by atoms with Crippen LogP contribution in [0.3, 0.4) is 0 Å². The van der Waals surface area contributed by atoms with Gasteiger partial charge in [0.05, 0.1) is 6.10 Å². The minimum absolute atomic E-state index is 0.354. The van der Waals surface area contributed by atoms with E-state index in [4.69, 9.17) is 34.8 Å². The summed E-state index contributed by atoms with van der Waals surface area (Å²) in [6.07, 6.45) is 1.18. The van der Waals surface area contributed by atoms with Crippen LogP contribution in [-0.2, 0) is 0 Å². The van der Waals surface area contributed by atoms with Gasteiger partial charge in [-0.3, -0.25) is 0 Å². The van der Waals surface area contributed by atoms with Gasteiger partial charge in [-0.05, 0) is 53.9 Å². The van der Waals surface area contributed by atoms with Crippen molar-refractivity contribution in [3.63, 3.8) is 0 Å². The molecule has 1 N–H and O–H groups in total. The molecule has 2 atom stereocenters. The van der Waals surface area contributed by atoms with Crippen molar-refractivity contribution in [1.82, 2.24) is 0 Å². The fourth-order valence-electron chi connectivity index (χ4n) is 2.07. The van der Waals surface area contributed by atoms with Gasteiger partial charge in [0.2, 0.25) is 0 Å². The van der Waals surface area contributed by atoms with E-state index in [9.17, 15) is 5.11 Å². The van der Waals surface area contributed by atoms with Crippen LogP contribution in [0.25, 0.3) is 0 Å². The average molecular weight is 290 g/mol. The van der Waals surface area contributed by atoms with Crippen LogP contribution in [0, 0.1) is 0 Å². The van der Waals surface area contributed by atoms with Gasteiger partial charge in [0.25, 0.3) is 0 Å². The fourth-order valence-corrected chi connectivity index (χ4v) is 3.13. The highest BCUT2D eigenvalue weighted by Crippen LogP contribution is 2.35. The first-order valence-electron chi connectivity index (χ1n) is 5.56. The molecule has 0 aromatic carbocycles. The van der Waals surface area contributed by atoms with Crippen molar-refractivity contribution in [2.24, 2.45) is 0 Å². The quantitative estimate of drug-likeness (QED) is 0.711. The highest BCUT2D eigenvalue weighted by atomic mass is 35.5. The van der Waals surface area contributed by atoms with E-state index >= 15 is 0 Å². The van der Waals surface area contributed by atoms with E-state index in [-0.39, 0.29) is 4.87 Å². The zero-order valence-electron chi connectivity index (χ0n) is 10.8. The molecule has 16 heavy (non-hydrogen) atoms. The van der Waals surface area contributed by atoms with Crippen molar-refractivity contribution < 1.29 is 5.11 Å². The molecule has 0 saturated heterocycles. The molecule has 0 aliphatic heterocycles. The molecule has 0 amide bonds. The Labute approximate surface area is 114 Å². The number of hydrogen-bond acceptors (Lipinski definition) is 1. The molecule has 0 aliphatic carbocycles. The molecule has 0 heterocycles. The lowest BCUT2D eigenvalue weighted by atomic mass is 9.89. The van der Waals surface area contributed by atoms with Crippen LogP contribution in [0.5, 0.6) is 0 Å². The first-order valence-corrected chi connectivity index (χ1v) is 6.69. The lowest BCUT2D eigenvalue weighted by molar-refractivity contribution is 0.128. The molecule has 2 unspecified atom stereocenters. The molecule has 0 rings (SSSR count). The van der Waals surface area contributed by atoms with Gasteiger partial charge in [-0.25, -0.2) is 0 Å². The van der Waals surface area contributed by atoms with E-state index in [1.54, 1.807) is 0 Å². The molecule has 98 valence electrons. The number of aliphatic hydroxyl groups excluding tert-OH is 1. The van der Waals surface area contributed by atoms with E-state index < -0.39 is 15.9 Å². The van der Waals surface area contributed by atoms with E-state index in [1.165, 1.54) is 0 Å². The van der Waals surface area contributed by atoms with E-state index in [1.807, 2.05) is 34.6 Å². The predicted molar refractivity (Wildman–Crippen MR) is 74.0 cm³/mol. The Bertz CT molecular complexity index is 213. The number of halogens is 3. The summed E-state index contributed by atoms with van der Waals surface area (Å²) < 4.78 is 0. The average Bonchev–Trinajstić information content (AvgIpc) is 1.70. The second kappa shape index (κ2) is 5.65. The minimum Gasteiger partial charge on any atom is -0.393 e. The predicted octanol–water partition coefficient (Wildman–Crippen LogP) is 4.55. The summed E-state index contributed by atoms with van der Waals surface area (Å²) in [6, 6.07) is 0. The van der Waals surface area contributed by atoms with Crippen LogP contribution in [0.2, 0.25) is 0 Å². The minimum atomic E-state index is -0.493. The number of alkyl halides is 3. The molecule has 0 aliphatic rings. The molecule has 1 nitrogen and oxygen atoms in total. The zero-order chi connectivity index (χ0) is 13.2. The van der Waals surface area contributed by atoms with Crippen molar-refractivity contribution in [1.29, 1.82) is 0 Å². The lowest BCUT2D eigenvalue weighted by Gasteiger charge is -2.32. The van der Waals surface area contributed by atoms with E-state index in [2.05, 4.69) is 0 Å². The summed E-state index contributed by atoms with van der Waals surface area (Å²) in [5, 5.41) is 9.91. The maximum Gasteiger partial charge on any atom is 0.0573 e. The topological polar surface area (TPSA) is 20.2 Å². The van der Waals surface area contributed by atoms with Crippen molar-refractivity contribution in [2.75, 3.05) is 0 Å². The Kier molecular flexibility index (Phi) is 5.94. The van der Waals surface area contributed by atoms with Gasteiger partial charge in [-0.2, -0.15) is 0 Å². The first-order chi connectivity index (χ1) is 6.81. The summed E-state index contributed by atoms with van der Waals surface area (Å²) in [5.74, 6) is 0. The van der Waals surface area contributed by atoms with Gasteiger partial charge in [0, 0.05) is 14.6 Å². The van der Waals surface area contributed by atoms with E-state index in [0.717, 1.165) is 0 Å². The summed E-state index contributed by atoms with van der Waals surface area (Å²) >= 11 is 18.6. The van der Waals surface area contributed by atoms with Gasteiger partial charge >= 0.3 is 0 Å². The number of aliphatic hydroxyl groups is 1. The molecular weight excluding hydrogens is 266 g/mol. The monoisotopic (exact) mass is 288 g/mol. The second-order valence-corrected chi connectivity index (χ2v) is 9.05. The SMILES string of the molecule is CC(C)(Cl)CC(O)CC(C)(Cl)CC(C)(C)Cl. The Morgan fingerprint density at radius 2 is 1.31 bits per heavy atom. The van der Waals surface area contributed by atoms with Gasteiger partial charge in [0.15, 0.2) is 0 Å². The van der Waals surface area contributed by atoms with E-state index in [0.29, 0.717) is 19.3 Å². The molecule has 0 fully saturated rings. The third kappa shape index (κ3) is 10.0. The molecule has 0 bridgehead atoms. The van der Waals surface area contributed by atoms with Gasteiger partial charge < -0.3 is 5.11 Å². The molecule has 0 aromatic rings. The van der Waals surface area contributed by atoms with Crippen LogP contribution in [0.4, 0.5) is 0 Å². The van der Waals surface area contributed by atoms with Crippen LogP contribution in [-0.4, -0.2) is 25.8 Å². The van der Waals surface area contributed by atoms with Crippen molar-refractivity contribution in [3.8, 4) is 0 Å². The largest absolute Gasteiger partial charge is 0.393 e. The summed E-state index contributed by atoms with van der Waals surface area (Å²) in [7, 11) is 0. The second-order valence-electron chi connectivity index (χ2n) is 6.09. The van der Waals surface area contributed by atoms with Gasteiger partial charge in [-0.1, -0.05) is 0 Å². The maximum atomic E-state index is 9.91. The first kappa shape index (κ1) is 16.8. The Balaban J connectivity index is 4.26. The lowest BCUT2D eigenvalue weighted by Crippen LogP contribution is -2.33. The fraction of sp³-hybridized carbons (Fsp3) is 1.00. The van der Waals surface area contributed by atoms with Gasteiger partial charge in [-0.15, -0.1) is 34.8 Å².